The lowest BCUT2D eigenvalue weighted by Gasteiger charge is -2.07. The van der Waals surface area contributed by atoms with Crippen molar-refractivity contribution in [2.24, 2.45) is 0 Å². The number of benzene rings is 1. The minimum atomic E-state index is -3.31. The van der Waals surface area contributed by atoms with Crippen molar-refractivity contribution in [2.45, 2.75) is 6.54 Å². The second-order valence-electron chi connectivity index (χ2n) is 3.73. The highest BCUT2D eigenvalue weighted by atomic mass is 79.9. The Bertz CT molecular complexity index is 611. The van der Waals surface area contributed by atoms with Gasteiger partial charge in [-0.15, -0.1) is 0 Å². The van der Waals surface area contributed by atoms with Gasteiger partial charge in [-0.2, -0.15) is 5.10 Å². The molecule has 0 saturated carbocycles. The Labute approximate surface area is 114 Å². The predicted octanol–water partition coefficient (Wildman–Crippen LogP) is 2.03. The third kappa shape index (κ3) is 3.58. The average Bonchev–Trinajstić information content (AvgIpc) is 2.82. The van der Waals surface area contributed by atoms with Crippen LogP contribution in [-0.2, 0) is 16.6 Å². The van der Waals surface area contributed by atoms with Crippen LogP contribution in [-0.4, -0.2) is 22.9 Å². The van der Waals surface area contributed by atoms with E-state index in [1.54, 1.807) is 23.0 Å². The SMILES string of the molecule is O=S(=O)(CBr)Nc1cccc(Cn2cccn2)c1. The molecule has 1 aromatic carbocycles. The fourth-order valence-corrected chi connectivity index (χ4v) is 2.41. The molecular formula is C11H12BrN3O2S. The molecule has 0 saturated heterocycles. The molecule has 0 atom stereocenters. The van der Waals surface area contributed by atoms with Crippen LogP contribution >= 0.6 is 15.9 Å². The van der Waals surface area contributed by atoms with Crippen LogP contribution in [0.5, 0.6) is 0 Å². The van der Waals surface area contributed by atoms with E-state index in [-0.39, 0.29) is 4.66 Å². The lowest BCUT2D eigenvalue weighted by atomic mass is 10.2. The Kier molecular flexibility index (Phi) is 4.03. The lowest BCUT2D eigenvalue weighted by molar-refractivity contribution is 0.606. The molecule has 0 spiro atoms. The molecule has 1 aromatic heterocycles. The van der Waals surface area contributed by atoms with Crippen LogP contribution in [0.4, 0.5) is 5.69 Å². The lowest BCUT2D eigenvalue weighted by Crippen LogP contribution is -2.13. The molecule has 0 aliphatic heterocycles. The zero-order valence-electron chi connectivity index (χ0n) is 9.45. The number of rotatable bonds is 5. The van der Waals surface area contributed by atoms with Gasteiger partial charge in [0, 0.05) is 18.1 Å². The highest BCUT2D eigenvalue weighted by molar-refractivity contribution is 9.10. The summed E-state index contributed by atoms with van der Waals surface area (Å²) in [5.74, 6) is 0. The number of aromatic nitrogens is 2. The molecule has 1 heterocycles. The van der Waals surface area contributed by atoms with Gasteiger partial charge in [-0.3, -0.25) is 9.40 Å². The molecule has 0 aliphatic rings. The summed E-state index contributed by atoms with van der Waals surface area (Å²) in [7, 11) is -3.31. The Hall–Kier alpha value is -1.34. The first kappa shape index (κ1) is 13.1. The van der Waals surface area contributed by atoms with Crippen molar-refractivity contribution < 1.29 is 8.42 Å². The van der Waals surface area contributed by atoms with E-state index in [0.29, 0.717) is 12.2 Å². The van der Waals surface area contributed by atoms with Gasteiger partial charge in [0.25, 0.3) is 0 Å². The molecule has 0 aliphatic carbocycles. The van der Waals surface area contributed by atoms with Gasteiger partial charge < -0.3 is 0 Å². The number of hydrogen-bond donors (Lipinski definition) is 1. The first-order chi connectivity index (χ1) is 8.59. The molecular weight excluding hydrogens is 318 g/mol. The number of sulfonamides is 1. The predicted molar refractivity (Wildman–Crippen MR) is 74.1 cm³/mol. The fraction of sp³-hybridized carbons (Fsp3) is 0.182. The van der Waals surface area contributed by atoms with Crippen LogP contribution in [0.1, 0.15) is 5.56 Å². The van der Waals surface area contributed by atoms with Gasteiger partial charge in [-0.05, 0) is 23.8 Å². The maximum absolute atomic E-state index is 11.4. The van der Waals surface area contributed by atoms with Crippen LogP contribution in [0.2, 0.25) is 0 Å². The molecule has 18 heavy (non-hydrogen) atoms. The van der Waals surface area contributed by atoms with Crippen LogP contribution < -0.4 is 4.72 Å². The minimum absolute atomic E-state index is 0.122. The van der Waals surface area contributed by atoms with Crippen LogP contribution in [0.3, 0.4) is 0 Å². The zero-order valence-corrected chi connectivity index (χ0v) is 11.9. The van der Waals surface area contributed by atoms with Gasteiger partial charge in [-0.1, -0.05) is 28.1 Å². The van der Waals surface area contributed by atoms with Crippen molar-refractivity contribution in [1.29, 1.82) is 0 Å². The third-order valence-corrected chi connectivity index (χ3v) is 4.89. The molecule has 0 radical (unpaired) electrons. The normalized spacial score (nSPS) is 11.4. The third-order valence-electron chi connectivity index (χ3n) is 2.25. The van der Waals surface area contributed by atoms with Crippen LogP contribution in [0, 0.1) is 0 Å². The number of halogens is 1. The number of nitrogens with zero attached hydrogens (tertiary/aromatic N) is 2. The summed E-state index contributed by atoms with van der Waals surface area (Å²) in [6.07, 6.45) is 3.56. The molecule has 0 amide bonds. The van der Waals surface area contributed by atoms with Crippen LogP contribution in [0.15, 0.2) is 42.7 Å². The largest absolute Gasteiger partial charge is 0.283 e. The van der Waals surface area contributed by atoms with Gasteiger partial charge in [0.1, 0.15) is 4.66 Å². The van der Waals surface area contributed by atoms with Gasteiger partial charge in [-0.25, -0.2) is 8.42 Å². The van der Waals surface area contributed by atoms with E-state index >= 15 is 0 Å². The van der Waals surface area contributed by atoms with Crippen molar-refractivity contribution in [1.82, 2.24) is 9.78 Å². The summed E-state index contributed by atoms with van der Waals surface area (Å²) in [4.78, 5) is 0. The smallest absolute Gasteiger partial charge is 0.242 e. The van der Waals surface area contributed by atoms with Crippen LogP contribution in [0.25, 0.3) is 0 Å². The molecule has 5 nitrogen and oxygen atoms in total. The second kappa shape index (κ2) is 5.53. The Morgan fingerprint density at radius 1 is 1.33 bits per heavy atom. The minimum Gasteiger partial charge on any atom is -0.283 e. The number of hydrogen-bond acceptors (Lipinski definition) is 3. The van der Waals surface area contributed by atoms with E-state index < -0.39 is 10.0 Å². The Morgan fingerprint density at radius 3 is 2.83 bits per heavy atom. The van der Waals surface area contributed by atoms with Crippen molar-refractivity contribution in [2.75, 3.05) is 9.38 Å². The van der Waals surface area contributed by atoms with E-state index in [1.807, 2.05) is 24.4 Å². The van der Waals surface area contributed by atoms with E-state index in [4.69, 9.17) is 0 Å². The maximum atomic E-state index is 11.4. The van der Waals surface area contributed by atoms with E-state index in [9.17, 15) is 8.42 Å². The van der Waals surface area contributed by atoms with E-state index in [1.165, 1.54) is 0 Å². The molecule has 0 unspecified atom stereocenters. The topological polar surface area (TPSA) is 64.0 Å². The quantitative estimate of drug-likeness (QED) is 0.853. The molecule has 7 heteroatoms. The highest BCUT2D eigenvalue weighted by Gasteiger charge is 2.07. The molecule has 0 fully saturated rings. The summed E-state index contributed by atoms with van der Waals surface area (Å²) in [5.41, 5.74) is 1.53. The Morgan fingerprint density at radius 2 is 2.17 bits per heavy atom. The second-order valence-corrected chi connectivity index (χ2v) is 6.76. The zero-order chi connectivity index (χ0) is 13.0. The molecule has 0 bridgehead atoms. The van der Waals surface area contributed by atoms with Crippen molar-refractivity contribution >= 4 is 31.6 Å². The van der Waals surface area contributed by atoms with Gasteiger partial charge in [0.15, 0.2) is 0 Å². The summed E-state index contributed by atoms with van der Waals surface area (Å²) >= 11 is 2.93. The van der Waals surface area contributed by atoms with Gasteiger partial charge in [0.2, 0.25) is 10.0 Å². The number of nitrogens with one attached hydrogen (secondary N) is 1. The maximum Gasteiger partial charge on any atom is 0.242 e. The number of anilines is 1. The van der Waals surface area contributed by atoms with Gasteiger partial charge >= 0.3 is 0 Å². The van der Waals surface area contributed by atoms with Crippen molar-refractivity contribution in [3.63, 3.8) is 0 Å². The first-order valence-electron chi connectivity index (χ1n) is 5.22. The Balaban J connectivity index is 2.15. The van der Waals surface area contributed by atoms with E-state index in [0.717, 1.165) is 5.56 Å². The monoisotopic (exact) mass is 329 g/mol. The molecule has 96 valence electrons. The van der Waals surface area contributed by atoms with Crippen molar-refractivity contribution in [3.8, 4) is 0 Å². The molecule has 1 N–H and O–H groups in total. The average molecular weight is 330 g/mol. The summed E-state index contributed by atoms with van der Waals surface area (Å²) in [5, 5.41) is 4.10. The van der Waals surface area contributed by atoms with E-state index in [2.05, 4.69) is 25.8 Å². The summed E-state index contributed by atoms with van der Waals surface area (Å²) < 4.78 is 27.0. The summed E-state index contributed by atoms with van der Waals surface area (Å²) in [6.45, 7) is 0.608. The van der Waals surface area contributed by atoms with Gasteiger partial charge in [0.05, 0.1) is 6.54 Å². The highest BCUT2D eigenvalue weighted by Crippen LogP contribution is 2.14. The standard InChI is InChI=1S/C11H12BrN3O2S/c12-9-18(16,17)14-11-4-1-3-10(7-11)8-15-6-2-5-13-15/h1-7,14H,8-9H2. The molecule has 2 rings (SSSR count). The van der Waals surface area contributed by atoms with Crippen molar-refractivity contribution in [3.05, 3.63) is 48.3 Å². The fourth-order valence-electron chi connectivity index (χ4n) is 1.52. The number of alkyl halides is 1. The molecule has 2 aromatic rings. The first-order valence-corrected chi connectivity index (χ1v) is 7.99. The summed E-state index contributed by atoms with van der Waals surface area (Å²) in [6, 6.07) is 9.09.